The van der Waals surface area contributed by atoms with Crippen molar-refractivity contribution in [3.8, 4) is 0 Å². The first-order valence-corrected chi connectivity index (χ1v) is 4.04. The maximum absolute atomic E-state index is 11.3. The normalized spacial score (nSPS) is 36.2. The Bertz CT molecular complexity index is 194. The van der Waals surface area contributed by atoms with Gasteiger partial charge < -0.3 is 5.11 Å². The predicted octanol–water partition coefficient (Wildman–Crippen LogP) is 2.06. The summed E-state index contributed by atoms with van der Waals surface area (Å²) in [6, 6.07) is 0. The summed E-state index contributed by atoms with van der Waals surface area (Å²) in [6.07, 6.45) is 2.71. The Morgan fingerprint density at radius 3 is 2.73 bits per heavy atom. The number of allylic oxidation sites excluding steroid dienone is 1. The molecule has 0 aliphatic heterocycles. The Morgan fingerprint density at radius 1 is 1.55 bits per heavy atom. The van der Waals surface area contributed by atoms with Crippen molar-refractivity contribution in [2.75, 3.05) is 0 Å². The fraction of sp³-hybridized carbons (Fsp3) is 0.667. The van der Waals surface area contributed by atoms with Crippen molar-refractivity contribution >= 4 is 5.78 Å². The fourth-order valence-electron chi connectivity index (χ4n) is 1.44. The zero-order valence-corrected chi connectivity index (χ0v) is 7.00. The van der Waals surface area contributed by atoms with Gasteiger partial charge in [0, 0.05) is 11.5 Å². The number of hydrogen-bond donors (Lipinski definition) is 1. The highest BCUT2D eigenvalue weighted by Crippen LogP contribution is 2.29. The van der Waals surface area contributed by atoms with Crippen LogP contribution in [-0.2, 0) is 4.79 Å². The Morgan fingerprint density at radius 2 is 2.18 bits per heavy atom. The molecule has 0 radical (unpaired) electrons. The molecule has 0 aromatic carbocycles. The summed E-state index contributed by atoms with van der Waals surface area (Å²) in [4.78, 5) is 11.3. The number of aliphatic hydroxyl groups excluding tert-OH is 1. The molecule has 0 aromatic rings. The van der Waals surface area contributed by atoms with Gasteiger partial charge in [0.1, 0.15) is 0 Å². The third kappa shape index (κ3) is 1.44. The van der Waals surface area contributed by atoms with Crippen LogP contribution < -0.4 is 0 Å². The summed E-state index contributed by atoms with van der Waals surface area (Å²) in [7, 11) is 0. The van der Waals surface area contributed by atoms with Gasteiger partial charge >= 0.3 is 0 Å². The maximum atomic E-state index is 11.3. The molecular weight excluding hydrogens is 140 g/mol. The minimum absolute atomic E-state index is 0.0853. The third-order valence-electron chi connectivity index (χ3n) is 2.61. The highest BCUT2D eigenvalue weighted by atomic mass is 16.2. The Labute approximate surface area is 66.9 Å². The summed E-state index contributed by atoms with van der Waals surface area (Å²) in [5.41, 5.74) is 0.593. The predicted molar refractivity (Wildman–Crippen MR) is 43.3 cm³/mol. The van der Waals surface area contributed by atoms with Crippen LogP contribution in [-0.4, -0.2) is 10.9 Å². The second-order valence-electron chi connectivity index (χ2n) is 3.32. The standard InChI is InChI=1S/C9H14O2/c1-6-3-4-8(5-10)9(11)7(6)2/h5-7,10H,3-4H2,1-2H3/b8-5+/t6-,7+/m0/s1. The van der Waals surface area contributed by atoms with E-state index in [4.69, 9.17) is 5.11 Å². The molecule has 1 aliphatic carbocycles. The van der Waals surface area contributed by atoms with E-state index >= 15 is 0 Å². The molecule has 62 valence electrons. The van der Waals surface area contributed by atoms with Gasteiger partial charge in [0.15, 0.2) is 5.78 Å². The van der Waals surface area contributed by atoms with Gasteiger partial charge in [-0.15, -0.1) is 0 Å². The molecule has 1 aliphatic rings. The zero-order valence-electron chi connectivity index (χ0n) is 7.00. The summed E-state index contributed by atoms with van der Waals surface area (Å²) >= 11 is 0. The smallest absolute Gasteiger partial charge is 0.164 e. The number of rotatable bonds is 0. The van der Waals surface area contributed by atoms with Crippen molar-refractivity contribution in [2.45, 2.75) is 26.7 Å². The molecule has 1 rings (SSSR count). The maximum Gasteiger partial charge on any atom is 0.164 e. The van der Waals surface area contributed by atoms with E-state index in [1.807, 2.05) is 6.92 Å². The van der Waals surface area contributed by atoms with Crippen molar-refractivity contribution in [1.29, 1.82) is 0 Å². The van der Waals surface area contributed by atoms with E-state index in [0.29, 0.717) is 11.5 Å². The summed E-state index contributed by atoms with van der Waals surface area (Å²) in [6.45, 7) is 4.01. The van der Waals surface area contributed by atoms with E-state index in [0.717, 1.165) is 19.1 Å². The lowest BCUT2D eigenvalue weighted by Crippen LogP contribution is -2.26. The topological polar surface area (TPSA) is 37.3 Å². The van der Waals surface area contributed by atoms with Gasteiger partial charge in [-0.05, 0) is 18.8 Å². The Balaban J connectivity index is 2.75. The van der Waals surface area contributed by atoms with Crippen LogP contribution in [0, 0.1) is 11.8 Å². The fourth-order valence-corrected chi connectivity index (χ4v) is 1.44. The molecule has 0 spiro atoms. The number of carbonyl (C=O) groups excluding carboxylic acids is 1. The largest absolute Gasteiger partial charge is 0.515 e. The molecule has 1 saturated carbocycles. The van der Waals surface area contributed by atoms with E-state index in [2.05, 4.69) is 6.92 Å². The monoisotopic (exact) mass is 154 g/mol. The van der Waals surface area contributed by atoms with Crippen LogP contribution in [0.2, 0.25) is 0 Å². The van der Waals surface area contributed by atoms with Gasteiger partial charge in [-0.25, -0.2) is 0 Å². The van der Waals surface area contributed by atoms with Crippen LogP contribution in [0.5, 0.6) is 0 Å². The lowest BCUT2D eigenvalue weighted by Gasteiger charge is -2.25. The molecule has 0 aromatic heterocycles. The van der Waals surface area contributed by atoms with Crippen LogP contribution in [0.25, 0.3) is 0 Å². The SMILES string of the molecule is C[C@H]1CC/C(=C\O)C(=O)[C@@H]1C. The molecule has 0 saturated heterocycles. The summed E-state index contributed by atoms with van der Waals surface area (Å²) < 4.78 is 0. The second-order valence-corrected chi connectivity index (χ2v) is 3.32. The molecule has 1 fully saturated rings. The first-order valence-electron chi connectivity index (χ1n) is 4.04. The minimum Gasteiger partial charge on any atom is -0.515 e. The van der Waals surface area contributed by atoms with Gasteiger partial charge in [-0.3, -0.25) is 4.79 Å². The molecule has 11 heavy (non-hydrogen) atoms. The van der Waals surface area contributed by atoms with Crippen LogP contribution in [0.3, 0.4) is 0 Å². The van der Waals surface area contributed by atoms with Gasteiger partial charge in [0.05, 0.1) is 6.26 Å². The Kier molecular flexibility index (Phi) is 2.32. The molecule has 0 unspecified atom stereocenters. The van der Waals surface area contributed by atoms with Gasteiger partial charge in [-0.1, -0.05) is 13.8 Å². The molecule has 2 atom stereocenters. The molecule has 0 heterocycles. The average Bonchev–Trinajstić information content (AvgIpc) is 2.01. The molecule has 0 amide bonds. The van der Waals surface area contributed by atoms with E-state index in [9.17, 15) is 4.79 Å². The van der Waals surface area contributed by atoms with Crippen molar-refractivity contribution in [3.05, 3.63) is 11.8 Å². The van der Waals surface area contributed by atoms with Crippen LogP contribution in [0.1, 0.15) is 26.7 Å². The lowest BCUT2D eigenvalue weighted by molar-refractivity contribution is -0.121. The first-order chi connectivity index (χ1) is 5.16. The van der Waals surface area contributed by atoms with E-state index in [1.165, 1.54) is 0 Å². The molecule has 1 N–H and O–H groups in total. The van der Waals surface area contributed by atoms with Gasteiger partial charge in [-0.2, -0.15) is 0 Å². The van der Waals surface area contributed by atoms with Crippen molar-refractivity contribution in [3.63, 3.8) is 0 Å². The van der Waals surface area contributed by atoms with Crippen molar-refractivity contribution < 1.29 is 9.90 Å². The molecule has 2 heteroatoms. The highest BCUT2D eigenvalue weighted by molar-refractivity contribution is 5.97. The van der Waals surface area contributed by atoms with Gasteiger partial charge in [0.25, 0.3) is 0 Å². The summed E-state index contributed by atoms with van der Waals surface area (Å²) in [5.74, 6) is 0.666. The molecular formula is C9H14O2. The zero-order chi connectivity index (χ0) is 8.43. The van der Waals surface area contributed by atoms with E-state index in [1.54, 1.807) is 0 Å². The van der Waals surface area contributed by atoms with Gasteiger partial charge in [0.2, 0.25) is 0 Å². The number of carbonyl (C=O) groups is 1. The highest BCUT2D eigenvalue weighted by Gasteiger charge is 2.28. The quantitative estimate of drug-likeness (QED) is 0.428. The van der Waals surface area contributed by atoms with E-state index in [-0.39, 0.29) is 11.7 Å². The molecule has 2 nitrogen and oxygen atoms in total. The van der Waals surface area contributed by atoms with Crippen molar-refractivity contribution in [1.82, 2.24) is 0 Å². The number of aliphatic hydroxyl groups is 1. The lowest BCUT2D eigenvalue weighted by atomic mass is 9.78. The van der Waals surface area contributed by atoms with Crippen LogP contribution in [0.15, 0.2) is 11.8 Å². The summed E-state index contributed by atoms with van der Waals surface area (Å²) in [5, 5.41) is 8.68. The number of ketones is 1. The number of hydrogen-bond acceptors (Lipinski definition) is 2. The number of Topliss-reactive ketones (excluding diaryl/α,β-unsaturated/α-hetero) is 1. The van der Waals surface area contributed by atoms with Crippen LogP contribution >= 0.6 is 0 Å². The molecule has 0 bridgehead atoms. The second kappa shape index (κ2) is 3.07. The van der Waals surface area contributed by atoms with E-state index < -0.39 is 0 Å². The van der Waals surface area contributed by atoms with Crippen molar-refractivity contribution in [2.24, 2.45) is 11.8 Å². The first kappa shape index (κ1) is 8.31. The third-order valence-corrected chi connectivity index (χ3v) is 2.61. The Hall–Kier alpha value is -0.790. The van der Waals surface area contributed by atoms with Crippen LogP contribution in [0.4, 0.5) is 0 Å². The minimum atomic E-state index is 0.0853. The average molecular weight is 154 g/mol.